The zero-order valence-electron chi connectivity index (χ0n) is 11.6. The van der Waals surface area contributed by atoms with Crippen molar-refractivity contribution in [3.8, 4) is 0 Å². The van der Waals surface area contributed by atoms with Gasteiger partial charge in [0.2, 0.25) is 0 Å². The number of nitrogens with one attached hydrogen (secondary N) is 1. The van der Waals surface area contributed by atoms with Gasteiger partial charge in [0, 0.05) is 12.1 Å². The molecule has 2 nitrogen and oxygen atoms in total. The van der Waals surface area contributed by atoms with Crippen LogP contribution in [0.1, 0.15) is 53.4 Å². The Morgan fingerprint density at radius 2 is 1.88 bits per heavy atom. The van der Waals surface area contributed by atoms with Crippen molar-refractivity contribution in [2.45, 2.75) is 65.5 Å². The molecule has 2 unspecified atom stereocenters. The lowest BCUT2D eigenvalue weighted by molar-refractivity contribution is 0.195. The monoisotopic (exact) mass is 226 g/mol. The van der Waals surface area contributed by atoms with E-state index in [9.17, 15) is 0 Å². The zero-order valence-corrected chi connectivity index (χ0v) is 11.6. The second-order valence-electron chi connectivity index (χ2n) is 5.51. The molecule has 1 aliphatic heterocycles. The molecule has 0 aromatic heterocycles. The Labute approximate surface area is 102 Å². The van der Waals surface area contributed by atoms with E-state index >= 15 is 0 Å². The fourth-order valence-corrected chi connectivity index (χ4v) is 2.66. The third-order valence-electron chi connectivity index (χ3n) is 3.89. The third kappa shape index (κ3) is 4.42. The third-order valence-corrected chi connectivity index (χ3v) is 3.89. The zero-order chi connectivity index (χ0) is 12.0. The average molecular weight is 226 g/mol. The first-order valence-corrected chi connectivity index (χ1v) is 7.15. The minimum absolute atomic E-state index is 0.714. The van der Waals surface area contributed by atoms with Crippen molar-refractivity contribution in [1.82, 2.24) is 10.2 Å². The molecule has 0 bridgehead atoms. The summed E-state index contributed by atoms with van der Waals surface area (Å²) in [4.78, 5) is 2.61. The van der Waals surface area contributed by atoms with Gasteiger partial charge in [0.1, 0.15) is 0 Å². The van der Waals surface area contributed by atoms with Crippen LogP contribution in [-0.4, -0.2) is 36.6 Å². The average Bonchev–Trinajstić information content (AvgIpc) is 2.22. The van der Waals surface area contributed by atoms with E-state index in [-0.39, 0.29) is 0 Å². The van der Waals surface area contributed by atoms with Gasteiger partial charge in [-0.3, -0.25) is 0 Å². The van der Waals surface area contributed by atoms with Gasteiger partial charge in [0.25, 0.3) is 0 Å². The minimum Gasteiger partial charge on any atom is -0.311 e. The predicted octanol–water partition coefficient (Wildman–Crippen LogP) is 2.89. The van der Waals surface area contributed by atoms with Gasteiger partial charge < -0.3 is 10.2 Å². The molecule has 0 aliphatic carbocycles. The van der Waals surface area contributed by atoms with Crippen LogP contribution in [0.2, 0.25) is 0 Å². The summed E-state index contributed by atoms with van der Waals surface area (Å²) in [5.41, 5.74) is 0. The summed E-state index contributed by atoms with van der Waals surface area (Å²) in [5.74, 6) is 0.760. The van der Waals surface area contributed by atoms with Gasteiger partial charge in [-0.15, -0.1) is 0 Å². The normalized spacial score (nSPS) is 29.1. The molecule has 1 saturated heterocycles. The number of hydrogen-bond acceptors (Lipinski definition) is 2. The highest BCUT2D eigenvalue weighted by Crippen LogP contribution is 2.15. The lowest BCUT2D eigenvalue weighted by atomic mass is 9.96. The SMILES string of the molecule is CCCC1CCN(CC)CCC(C(C)C)N1. The summed E-state index contributed by atoms with van der Waals surface area (Å²) >= 11 is 0. The second kappa shape index (κ2) is 7.29. The smallest absolute Gasteiger partial charge is 0.0105 e. The summed E-state index contributed by atoms with van der Waals surface area (Å²) in [6.07, 6.45) is 5.27. The molecule has 16 heavy (non-hydrogen) atoms. The van der Waals surface area contributed by atoms with E-state index < -0.39 is 0 Å². The first-order chi connectivity index (χ1) is 7.67. The van der Waals surface area contributed by atoms with E-state index in [4.69, 9.17) is 0 Å². The highest BCUT2D eigenvalue weighted by Gasteiger charge is 2.21. The maximum atomic E-state index is 3.87. The van der Waals surface area contributed by atoms with Crippen LogP contribution >= 0.6 is 0 Å². The minimum atomic E-state index is 0.714. The first kappa shape index (κ1) is 14.0. The van der Waals surface area contributed by atoms with Gasteiger partial charge >= 0.3 is 0 Å². The van der Waals surface area contributed by atoms with Crippen LogP contribution < -0.4 is 5.32 Å². The molecule has 0 spiro atoms. The van der Waals surface area contributed by atoms with Crippen LogP contribution in [0.3, 0.4) is 0 Å². The largest absolute Gasteiger partial charge is 0.311 e. The fraction of sp³-hybridized carbons (Fsp3) is 1.00. The Balaban J connectivity index is 2.53. The van der Waals surface area contributed by atoms with Gasteiger partial charge in [0.05, 0.1) is 0 Å². The molecule has 1 fully saturated rings. The standard InChI is InChI=1S/C14H30N2/c1-5-7-13-8-10-16(6-2)11-9-14(15-13)12(3)4/h12-15H,5-11H2,1-4H3. The van der Waals surface area contributed by atoms with E-state index in [0.29, 0.717) is 6.04 Å². The highest BCUT2D eigenvalue weighted by molar-refractivity contribution is 4.81. The van der Waals surface area contributed by atoms with Crippen molar-refractivity contribution in [2.75, 3.05) is 19.6 Å². The van der Waals surface area contributed by atoms with Crippen molar-refractivity contribution >= 4 is 0 Å². The van der Waals surface area contributed by atoms with Gasteiger partial charge in [-0.1, -0.05) is 34.1 Å². The van der Waals surface area contributed by atoms with Crippen LogP contribution in [0.25, 0.3) is 0 Å². The Bertz CT molecular complexity index is 180. The van der Waals surface area contributed by atoms with Crippen molar-refractivity contribution in [1.29, 1.82) is 0 Å². The molecule has 2 atom stereocenters. The van der Waals surface area contributed by atoms with Crippen LogP contribution in [0.15, 0.2) is 0 Å². The summed E-state index contributed by atoms with van der Waals surface area (Å²) in [6, 6.07) is 1.46. The molecule has 2 heteroatoms. The van der Waals surface area contributed by atoms with E-state index in [1.54, 1.807) is 0 Å². The van der Waals surface area contributed by atoms with E-state index in [1.807, 2.05) is 0 Å². The van der Waals surface area contributed by atoms with Crippen molar-refractivity contribution in [2.24, 2.45) is 5.92 Å². The van der Waals surface area contributed by atoms with Crippen LogP contribution in [0.5, 0.6) is 0 Å². The Morgan fingerprint density at radius 3 is 2.44 bits per heavy atom. The lowest BCUT2D eigenvalue weighted by Crippen LogP contribution is -2.47. The van der Waals surface area contributed by atoms with Crippen LogP contribution in [0.4, 0.5) is 0 Å². The van der Waals surface area contributed by atoms with Crippen molar-refractivity contribution in [3.63, 3.8) is 0 Å². The van der Waals surface area contributed by atoms with E-state index in [2.05, 4.69) is 37.9 Å². The quantitative estimate of drug-likeness (QED) is 0.793. The van der Waals surface area contributed by atoms with E-state index in [0.717, 1.165) is 12.0 Å². The molecule has 0 saturated carbocycles. The Hall–Kier alpha value is -0.0800. The maximum Gasteiger partial charge on any atom is 0.0105 e. The van der Waals surface area contributed by atoms with Gasteiger partial charge in [-0.25, -0.2) is 0 Å². The lowest BCUT2D eigenvalue weighted by Gasteiger charge is -2.35. The molecule has 0 amide bonds. The molecule has 1 heterocycles. The Morgan fingerprint density at radius 1 is 1.19 bits per heavy atom. The van der Waals surface area contributed by atoms with Crippen molar-refractivity contribution in [3.05, 3.63) is 0 Å². The van der Waals surface area contributed by atoms with Gasteiger partial charge in [-0.2, -0.15) is 0 Å². The second-order valence-corrected chi connectivity index (χ2v) is 5.51. The number of hydrogen-bond donors (Lipinski definition) is 1. The van der Waals surface area contributed by atoms with Crippen LogP contribution in [-0.2, 0) is 0 Å². The summed E-state index contributed by atoms with van der Waals surface area (Å²) in [7, 11) is 0. The van der Waals surface area contributed by atoms with E-state index in [1.165, 1.54) is 45.3 Å². The number of nitrogens with zero attached hydrogens (tertiary/aromatic N) is 1. The highest BCUT2D eigenvalue weighted by atomic mass is 15.1. The molecule has 96 valence electrons. The van der Waals surface area contributed by atoms with Crippen molar-refractivity contribution < 1.29 is 0 Å². The molecule has 0 radical (unpaired) electrons. The molecular weight excluding hydrogens is 196 g/mol. The molecule has 1 rings (SSSR count). The molecule has 0 aromatic carbocycles. The van der Waals surface area contributed by atoms with Gasteiger partial charge in [-0.05, 0) is 44.8 Å². The Kier molecular flexibility index (Phi) is 6.37. The van der Waals surface area contributed by atoms with Crippen LogP contribution in [0, 0.1) is 5.92 Å². The molecule has 1 aliphatic rings. The molecular formula is C14H30N2. The topological polar surface area (TPSA) is 15.3 Å². The summed E-state index contributed by atoms with van der Waals surface area (Å²) < 4.78 is 0. The maximum absolute atomic E-state index is 3.87. The fourth-order valence-electron chi connectivity index (χ4n) is 2.66. The molecule has 1 N–H and O–H groups in total. The van der Waals surface area contributed by atoms with Gasteiger partial charge in [0.15, 0.2) is 0 Å². The summed E-state index contributed by atoms with van der Waals surface area (Å²) in [6.45, 7) is 13.0. The summed E-state index contributed by atoms with van der Waals surface area (Å²) in [5, 5.41) is 3.87. The first-order valence-electron chi connectivity index (χ1n) is 7.15. The predicted molar refractivity (Wildman–Crippen MR) is 71.8 cm³/mol. The number of rotatable bonds is 4. The molecule has 0 aromatic rings.